The third-order valence-electron chi connectivity index (χ3n) is 21.1. The van der Waals surface area contributed by atoms with E-state index in [0.717, 1.165) is 95.8 Å². The molecule has 0 aromatic rings. The lowest BCUT2D eigenvalue weighted by Gasteiger charge is -2.21. The minimum atomic E-state index is -4.97. The Morgan fingerprint density at radius 2 is 0.449 bits per heavy atom. The maximum atomic E-state index is 13.2. The summed E-state index contributed by atoms with van der Waals surface area (Å²) in [5, 5.41) is 10.7. The lowest BCUT2D eigenvalue weighted by molar-refractivity contribution is -0.161. The molecule has 0 spiro atoms. The first kappa shape index (κ1) is 105. The molecule has 3 unspecified atom stereocenters. The average Bonchev–Trinajstić information content (AvgIpc) is 0.901. The van der Waals surface area contributed by atoms with Crippen LogP contribution in [0.3, 0.4) is 0 Å². The van der Waals surface area contributed by atoms with Gasteiger partial charge in [-0.1, -0.05) is 426 Å². The molecule has 0 bridgehead atoms. The van der Waals surface area contributed by atoms with Gasteiger partial charge in [-0.25, -0.2) is 9.13 Å². The number of carbonyl (C=O) groups excluding carboxylic acids is 4. The van der Waals surface area contributed by atoms with Gasteiger partial charge in [-0.05, 0) is 31.6 Å². The second-order valence-electron chi connectivity index (χ2n) is 31.9. The quantitative estimate of drug-likeness (QED) is 0.0222. The van der Waals surface area contributed by atoms with Crippen LogP contribution in [0.4, 0.5) is 0 Å². The van der Waals surface area contributed by atoms with Crippen LogP contribution in [0.15, 0.2) is 0 Å². The fourth-order valence-corrected chi connectivity index (χ4v) is 15.4. The van der Waals surface area contributed by atoms with E-state index in [2.05, 4.69) is 34.6 Å². The van der Waals surface area contributed by atoms with Crippen LogP contribution >= 0.6 is 15.6 Å². The monoisotopic (exact) mass is 1560 g/mol. The molecule has 17 nitrogen and oxygen atoms in total. The molecular formula is C88H172O17P2. The van der Waals surface area contributed by atoms with Crippen molar-refractivity contribution in [1.82, 2.24) is 0 Å². The maximum absolute atomic E-state index is 13.2. The van der Waals surface area contributed by atoms with E-state index >= 15 is 0 Å². The number of ether oxygens (including phenoxy) is 4. The molecule has 6 atom stereocenters. The van der Waals surface area contributed by atoms with Crippen LogP contribution in [0, 0.1) is 5.92 Å². The van der Waals surface area contributed by atoms with Crippen molar-refractivity contribution in [2.24, 2.45) is 5.92 Å². The van der Waals surface area contributed by atoms with Crippen molar-refractivity contribution in [3.8, 4) is 0 Å². The van der Waals surface area contributed by atoms with Crippen LogP contribution in [0.5, 0.6) is 0 Å². The standard InChI is InChI=1S/C88H172O17P2/c1-6-10-13-16-19-22-25-27-29-31-33-34-36-38-44-49-54-59-64-69-74-88(93)105-84(78-99-86(91)72-67-62-57-52-47-42-40-39-41-46-50-55-60-65-70-81(5)9-4)80-103-107(96,97)101-76-82(89)75-100-106(94,95)102-79-83(77-98-85(90)71-66-61-56-51-45-24-21-18-15-12-8-3)104-87(92)73-68-63-58-53-48-43-37-35-32-30-28-26-23-20-17-14-11-7-2/h81-84,89H,6-80H2,1-5H3,(H,94,95)(H,96,97)/t81?,82-,83+,84+/m0/s1. The van der Waals surface area contributed by atoms with Crippen molar-refractivity contribution < 1.29 is 80.2 Å². The summed E-state index contributed by atoms with van der Waals surface area (Å²) in [5.41, 5.74) is 0. The summed E-state index contributed by atoms with van der Waals surface area (Å²) >= 11 is 0. The van der Waals surface area contributed by atoms with E-state index in [4.69, 9.17) is 37.0 Å². The molecule has 636 valence electrons. The van der Waals surface area contributed by atoms with E-state index in [-0.39, 0.29) is 25.7 Å². The van der Waals surface area contributed by atoms with Crippen molar-refractivity contribution in [3.63, 3.8) is 0 Å². The third kappa shape index (κ3) is 80.5. The Hall–Kier alpha value is -1.94. The Labute approximate surface area is 658 Å². The molecule has 0 aromatic heterocycles. The largest absolute Gasteiger partial charge is 0.472 e. The van der Waals surface area contributed by atoms with Crippen molar-refractivity contribution in [3.05, 3.63) is 0 Å². The van der Waals surface area contributed by atoms with Crippen LogP contribution in [0.2, 0.25) is 0 Å². The van der Waals surface area contributed by atoms with Gasteiger partial charge in [0.15, 0.2) is 12.2 Å². The highest BCUT2D eigenvalue weighted by atomic mass is 31.2. The Morgan fingerprint density at radius 3 is 0.664 bits per heavy atom. The first-order chi connectivity index (χ1) is 52.1. The van der Waals surface area contributed by atoms with E-state index in [1.165, 1.54) is 302 Å². The predicted octanol–water partition coefficient (Wildman–Crippen LogP) is 27.2. The SMILES string of the molecule is CCCCCCCCCCCCCCCCCCCCCCC(=O)O[C@H](COC(=O)CCCCCCCCCCCCCCCCC(C)CC)COP(=O)(O)OC[C@@H](O)COP(=O)(O)OC[C@@H](COC(=O)CCCCCCCCCCCCC)OC(=O)CCCCCCCCCCCCCCCCCCCC. The number of esters is 4. The highest BCUT2D eigenvalue weighted by Gasteiger charge is 2.30. The van der Waals surface area contributed by atoms with Crippen LogP contribution in [0.1, 0.15) is 478 Å². The zero-order valence-electron chi connectivity index (χ0n) is 70.3. The number of carbonyl (C=O) groups is 4. The second kappa shape index (κ2) is 80.7. The number of unbranched alkanes of at least 4 members (excludes halogenated alkanes) is 59. The number of phosphoric acid groups is 2. The number of aliphatic hydroxyl groups is 1. The molecule has 0 saturated carbocycles. The molecular weight excluding hydrogens is 1390 g/mol. The van der Waals surface area contributed by atoms with E-state index < -0.39 is 97.5 Å². The molecule has 0 aromatic carbocycles. The first-order valence-corrected chi connectivity index (χ1v) is 48.7. The summed E-state index contributed by atoms with van der Waals surface area (Å²) in [4.78, 5) is 73.3. The van der Waals surface area contributed by atoms with Gasteiger partial charge in [0.25, 0.3) is 0 Å². The molecule has 0 fully saturated rings. The highest BCUT2D eigenvalue weighted by Crippen LogP contribution is 2.45. The fourth-order valence-electron chi connectivity index (χ4n) is 13.8. The van der Waals surface area contributed by atoms with Crippen molar-refractivity contribution in [2.75, 3.05) is 39.6 Å². The summed E-state index contributed by atoms with van der Waals surface area (Å²) in [6.45, 7) is 7.43. The van der Waals surface area contributed by atoms with Crippen LogP contribution < -0.4 is 0 Å². The molecule has 0 rings (SSSR count). The van der Waals surface area contributed by atoms with Crippen molar-refractivity contribution in [1.29, 1.82) is 0 Å². The number of aliphatic hydroxyl groups excluding tert-OH is 1. The molecule has 0 aliphatic rings. The van der Waals surface area contributed by atoms with Gasteiger partial charge in [0, 0.05) is 25.7 Å². The Bertz CT molecular complexity index is 2030. The summed E-state index contributed by atoms with van der Waals surface area (Å²) in [5.74, 6) is -1.25. The van der Waals surface area contributed by atoms with Crippen LogP contribution in [-0.2, 0) is 65.4 Å². The number of hydrogen-bond donors (Lipinski definition) is 3. The lowest BCUT2D eigenvalue weighted by Crippen LogP contribution is -2.30. The van der Waals surface area contributed by atoms with E-state index in [1.807, 2.05) is 0 Å². The average molecular weight is 1560 g/mol. The van der Waals surface area contributed by atoms with E-state index in [1.54, 1.807) is 0 Å². The maximum Gasteiger partial charge on any atom is 0.472 e. The van der Waals surface area contributed by atoms with Crippen LogP contribution in [0.25, 0.3) is 0 Å². The fraction of sp³-hybridized carbons (Fsp3) is 0.955. The van der Waals surface area contributed by atoms with Gasteiger partial charge in [0.2, 0.25) is 0 Å². The van der Waals surface area contributed by atoms with Gasteiger partial charge in [0.1, 0.15) is 19.3 Å². The van der Waals surface area contributed by atoms with Gasteiger partial charge in [0.05, 0.1) is 26.4 Å². The van der Waals surface area contributed by atoms with Gasteiger partial charge >= 0.3 is 39.5 Å². The summed E-state index contributed by atoms with van der Waals surface area (Å²) < 4.78 is 69.0. The topological polar surface area (TPSA) is 237 Å². The zero-order chi connectivity index (χ0) is 78.3. The van der Waals surface area contributed by atoms with Gasteiger partial charge in [-0.3, -0.25) is 37.3 Å². The highest BCUT2D eigenvalue weighted by molar-refractivity contribution is 7.47. The minimum absolute atomic E-state index is 0.109. The Kier molecular flexibility index (Phi) is 79.2. The first-order valence-electron chi connectivity index (χ1n) is 45.7. The van der Waals surface area contributed by atoms with E-state index in [0.29, 0.717) is 25.7 Å². The molecule has 0 aliphatic heterocycles. The van der Waals surface area contributed by atoms with Crippen LogP contribution in [-0.4, -0.2) is 96.7 Å². The Balaban J connectivity index is 5.24. The summed E-state index contributed by atoms with van der Waals surface area (Å²) in [6.07, 6.45) is 74.9. The number of phosphoric ester groups is 2. The van der Waals surface area contributed by atoms with Gasteiger partial charge in [-0.15, -0.1) is 0 Å². The molecule has 0 amide bonds. The second-order valence-corrected chi connectivity index (χ2v) is 34.8. The smallest absolute Gasteiger partial charge is 0.462 e. The molecule has 0 heterocycles. The predicted molar refractivity (Wildman–Crippen MR) is 442 cm³/mol. The van der Waals surface area contributed by atoms with Gasteiger partial charge < -0.3 is 33.8 Å². The Morgan fingerprint density at radius 1 is 0.262 bits per heavy atom. The minimum Gasteiger partial charge on any atom is -0.462 e. The van der Waals surface area contributed by atoms with Crippen molar-refractivity contribution >= 4 is 39.5 Å². The zero-order valence-corrected chi connectivity index (χ0v) is 72.1. The molecule has 3 N–H and O–H groups in total. The third-order valence-corrected chi connectivity index (χ3v) is 23.0. The van der Waals surface area contributed by atoms with Crippen molar-refractivity contribution in [2.45, 2.75) is 496 Å². The normalized spacial score (nSPS) is 14.0. The molecule has 19 heteroatoms. The lowest BCUT2D eigenvalue weighted by atomic mass is 9.99. The molecule has 0 aliphatic carbocycles. The van der Waals surface area contributed by atoms with Gasteiger partial charge in [-0.2, -0.15) is 0 Å². The molecule has 0 saturated heterocycles. The molecule has 0 radical (unpaired) electrons. The van der Waals surface area contributed by atoms with E-state index in [9.17, 15) is 43.2 Å². The number of hydrogen-bond acceptors (Lipinski definition) is 15. The molecule has 107 heavy (non-hydrogen) atoms. The number of rotatable bonds is 88. The summed E-state index contributed by atoms with van der Waals surface area (Å²) in [6, 6.07) is 0. The summed E-state index contributed by atoms with van der Waals surface area (Å²) in [7, 11) is -9.93.